The minimum atomic E-state index is 0.638. The maximum Gasteiger partial charge on any atom is 0.234 e. The summed E-state index contributed by atoms with van der Waals surface area (Å²) < 4.78 is 0. The third kappa shape index (κ3) is 1.99. The van der Waals surface area contributed by atoms with Gasteiger partial charge in [-0.3, -0.25) is 0 Å². The van der Waals surface area contributed by atoms with E-state index in [1.165, 1.54) is 32.1 Å². The average Bonchev–Trinajstić information content (AvgIpc) is 3.07. The number of hydrogen-bond acceptors (Lipinski definition) is 4. The minimum absolute atomic E-state index is 0.638. The molecule has 3 aliphatic carbocycles. The van der Waals surface area contributed by atoms with Gasteiger partial charge < -0.3 is 0 Å². The fourth-order valence-electron chi connectivity index (χ4n) is 5.69. The van der Waals surface area contributed by atoms with Crippen molar-refractivity contribution in [2.75, 3.05) is 13.1 Å². The van der Waals surface area contributed by atoms with Gasteiger partial charge in [0.05, 0.1) is 13.1 Å². The molecule has 0 amide bonds. The Labute approximate surface area is 119 Å². The standard InChI is InChI=1S/C16H22N2O2/c19-10-17-8-2-5-13-12-4-1-7-16(13)14(15(12)16)6-3-9-18-11-20/h12-15H,1-9H2. The van der Waals surface area contributed by atoms with Crippen LogP contribution in [0.2, 0.25) is 0 Å². The van der Waals surface area contributed by atoms with Gasteiger partial charge in [0.15, 0.2) is 0 Å². The fraction of sp³-hybridized carbons (Fsp3) is 0.875. The van der Waals surface area contributed by atoms with E-state index in [9.17, 15) is 9.59 Å². The molecule has 0 aromatic heterocycles. The lowest BCUT2D eigenvalue weighted by molar-refractivity contribution is -0.00678. The van der Waals surface area contributed by atoms with Crippen LogP contribution in [0, 0.1) is 29.1 Å². The lowest BCUT2D eigenvalue weighted by Crippen LogP contribution is -2.42. The maximum absolute atomic E-state index is 10.1. The van der Waals surface area contributed by atoms with Crippen molar-refractivity contribution in [2.45, 2.75) is 44.9 Å². The number of rotatable bonds is 8. The first kappa shape index (κ1) is 13.7. The number of carbonyl (C=O) groups excluding carboxylic acids is 2. The van der Waals surface area contributed by atoms with E-state index >= 15 is 0 Å². The van der Waals surface area contributed by atoms with Gasteiger partial charge in [-0.05, 0) is 67.6 Å². The number of fused-ring (bicyclic) bond motifs is 2. The molecule has 3 rings (SSSR count). The van der Waals surface area contributed by atoms with Crippen molar-refractivity contribution >= 4 is 12.2 Å². The molecule has 1 spiro atoms. The summed E-state index contributed by atoms with van der Waals surface area (Å²) in [6.45, 7) is 1.29. The zero-order chi connectivity index (χ0) is 14.0. The van der Waals surface area contributed by atoms with Gasteiger partial charge in [-0.1, -0.05) is 6.42 Å². The van der Waals surface area contributed by atoms with Gasteiger partial charge in [-0.25, -0.2) is 19.6 Å². The van der Waals surface area contributed by atoms with E-state index in [-0.39, 0.29) is 0 Å². The molecule has 5 unspecified atom stereocenters. The third-order valence-corrected chi connectivity index (χ3v) is 6.15. The van der Waals surface area contributed by atoms with Crippen LogP contribution in [0.4, 0.5) is 0 Å². The molecule has 0 aromatic rings. The molecule has 20 heavy (non-hydrogen) atoms. The molecule has 3 aliphatic rings. The zero-order valence-electron chi connectivity index (χ0n) is 11.9. The molecule has 0 aromatic carbocycles. The predicted octanol–water partition coefficient (Wildman–Crippen LogP) is 2.88. The van der Waals surface area contributed by atoms with Gasteiger partial charge in [0.1, 0.15) is 0 Å². The molecule has 0 aliphatic heterocycles. The molecule has 0 saturated heterocycles. The molecule has 2 bridgehead atoms. The quantitative estimate of drug-likeness (QED) is 0.388. The van der Waals surface area contributed by atoms with Crippen molar-refractivity contribution in [1.29, 1.82) is 0 Å². The van der Waals surface area contributed by atoms with E-state index in [1.54, 1.807) is 12.2 Å². The average molecular weight is 274 g/mol. The van der Waals surface area contributed by atoms with Gasteiger partial charge >= 0.3 is 0 Å². The van der Waals surface area contributed by atoms with Crippen LogP contribution in [-0.4, -0.2) is 25.2 Å². The van der Waals surface area contributed by atoms with Crippen LogP contribution in [0.3, 0.4) is 0 Å². The highest BCUT2D eigenvalue weighted by molar-refractivity contribution is 5.33. The summed E-state index contributed by atoms with van der Waals surface area (Å²) in [6, 6.07) is 0. The van der Waals surface area contributed by atoms with Crippen LogP contribution in [0.25, 0.3) is 0 Å². The first-order chi connectivity index (χ1) is 9.86. The van der Waals surface area contributed by atoms with E-state index in [2.05, 4.69) is 9.98 Å². The van der Waals surface area contributed by atoms with Crippen molar-refractivity contribution in [3.05, 3.63) is 0 Å². The summed E-state index contributed by atoms with van der Waals surface area (Å²) in [6.07, 6.45) is 12.0. The zero-order valence-corrected chi connectivity index (χ0v) is 11.9. The SMILES string of the molecule is O=C=NCCCC1C2CCCC13C(CCCN=C=O)C23. The molecule has 4 nitrogen and oxygen atoms in total. The number of nitrogens with zero attached hydrogens (tertiary/aromatic N) is 2. The Morgan fingerprint density at radius 2 is 1.65 bits per heavy atom. The summed E-state index contributed by atoms with van der Waals surface area (Å²) >= 11 is 0. The second kappa shape index (κ2) is 5.63. The van der Waals surface area contributed by atoms with Gasteiger partial charge in [0.2, 0.25) is 12.2 Å². The van der Waals surface area contributed by atoms with Gasteiger partial charge in [0.25, 0.3) is 0 Å². The third-order valence-electron chi connectivity index (χ3n) is 6.15. The van der Waals surface area contributed by atoms with Crippen molar-refractivity contribution < 1.29 is 9.59 Å². The Morgan fingerprint density at radius 1 is 1.00 bits per heavy atom. The highest BCUT2D eigenvalue weighted by Crippen LogP contribution is 2.85. The van der Waals surface area contributed by atoms with Gasteiger partial charge in [-0.15, -0.1) is 0 Å². The van der Waals surface area contributed by atoms with E-state index < -0.39 is 0 Å². The predicted molar refractivity (Wildman–Crippen MR) is 74.7 cm³/mol. The fourth-order valence-corrected chi connectivity index (χ4v) is 5.69. The van der Waals surface area contributed by atoms with E-state index in [4.69, 9.17) is 0 Å². The van der Waals surface area contributed by atoms with E-state index in [0.717, 1.165) is 36.5 Å². The summed E-state index contributed by atoms with van der Waals surface area (Å²) in [5.41, 5.74) is 0.638. The van der Waals surface area contributed by atoms with Crippen molar-refractivity contribution in [2.24, 2.45) is 39.1 Å². The molecule has 108 valence electrons. The first-order valence-corrected chi connectivity index (χ1v) is 7.93. The first-order valence-electron chi connectivity index (χ1n) is 7.93. The van der Waals surface area contributed by atoms with Crippen LogP contribution in [0.5, 0.6) is 0 Å². The highest BCUT2D eigenvalue weighted by atomic mass is 16.1. The van der Waals surface area contributed by atoms with E-state index in [1.807, 2.05) is 0 Å². The Kier molecular flexibility index (Phi) is 3.87. The van der Waals surface area contributed by atoms with Crippen molar-refractivity contribution in [1.82, 2.24) is 0 Å². The number of aliphatic imine (C=N–C) groups is 2. The summed E-state index contributed by atoms with van der Waals surface area (Å²) in [5, 5.41) is 0. The Bertz CT molecular complexity index is 465. The normalized spacial score (nSPS) is 39.8. The summed E-state index contributed by atoms with van der Waals surface area (Å²) in [5.74, 6) is 3.67. The second-order valence-electron chi connectivity index (χ2n) is 6.64. The smallest absolute Gasteiger partial charge is 0.211 e. The van der Waals surface area contributed by atoms with E-state index in [0.29, 0.717) is 18.5 Å². The molecule has 0 radical (unpaired) electrons. The lowest BCUT2D eigenvalue weighted by Gasteiger charge is -2.49. The molecule has 3 fully saturated rings. The molecule has 3 saturated carbocycles. The number of hydrogen-bond donors (Lipinski definition) is 0. The highest BCUT2D eigenvalue weighted by Gasteiger charge is 2.79. The van der Waals surface area contributed by atoms with Gasteiger partial charge in [-0.2, -0.15) is 0 Å². The van der Waals surface area contributed by atoms with Crippen molar-refractivity contribution in [3.63, 3.8) is 0 Å². The Balaban J connectivity index is 1.51. The second-order valence-corrected chi connectivity index (χ2v) is 6.64. The largest absolute Gasteiger partial charge is 0.234 e. The van der Waals surface area contributed by atoms with Crippen LogP contribution in [-0.2, 0) is 9.59 Å². The van der Waals surface area contributed by atoms with Crippen LogP contribution in [0.15, 0.2) is 9.98 Å². The van der Waals surface area contributed by atoms with Gasteiger partial charge in [0, 0.05) is 0 Å². The number of isocyanates is 2. The molecular weight excluding hydrogens is 252 g/mol. The molecule has 5 atom stereocenters. The Morgan fingerprint density at radius 3 is 2.30 bits per heavy atom. The van der Waals surface area contributed by atoms with Crippen molar-refractivity contribution in [3.8, 4) is 0 Å². The molecular formula is C16H22N2O2. The molecule has 0 heterocycles. The molecule has 4 heteroatoms. The van der Waals surface area contributed by atoms with Crippen LogP contribution >= 0.6 is 0 Å². The minimum Gasteiger partial charge on any atom is -0.211 e. The maximum atomic E-state index is 10.1. The van der Waals surface area contributed by atoms with Crippen LogP contribution < -0.4 is 0 Å². The summed E-state index contributed by atoms with van der Waals surface area (Å²) in [4.78, 5) is 27.5. The lowest BCUT2D eigenvalue weighted by atomic mass is 9.55. The Hall–Kier alpha value is -1.24. The topological polar surface area (TPSA) is 58.9 Å². The molecule has 0 N–H and O–H groups in total. The monoisotopic (exact) mass is 274 g/mol. The van der Waals surface area contributed by atoms with Crippen LogP contribution in [0.1, 0.15) is 44.9 Å². The summed E-state index contributed by atoms with van der Waals surface area (Å²) in [7, 11) is 0.